The minimum atomic E-state index is -0.226. The van der Waals surface area contributed by atoms with Crippen LogP contribution in [0.5, 0.6) is 0 Å². The van der Waals surface area contributed by atoms with E-state index in [-0.39, 0.29) is 11.4 Å². The van der Waals surface area contributed by atoms with Crippen molar-refractivity contribution in [2.75, 3.05) is 19.6 Å². The summed E-state index contributed by atoms with van der Waals surface area (Å²) < 4.78 is 0. The molecule has 1 saturated carbocycles. The van der Waals surface area contributed by atoms with E-state index in [0.717, 1.165) is 55.7 Å². The van der Waals surface area contributed by atoms with Gasteiger partial charge in [0.2, 0.25) is 5.91 Å². The molecule has 2 aromatic rings. The van der Waals surface area contributed by atoms with Crippen molar-refractivity contribution in [2.45, 2.75) is 44.1 Å². The number of hydrogen-bond acceptors (Lipinski definition) is 4. The molecule has 2 aliphatic heterocycles. The zero-order chi connectivity index (χ0) is 18.6. The van der Waals surface area contributed by atoms with Crippen molar-refractivity contribution >= 4 is 22.5 Å². The van der Waals surface area contributed by atoms with Crippen molar-refractivity contribution in [3.8, 4) is 0 Å². The first-order chi connectivity index (χ1) is 13.0. The molecule has 27 heavy (non-hydrogen) atoms. The molecule has 140 valence electrons. The number of amides is 1. The van der Waals surface area contributed by atoms with Crippen molar-refractivity contribution in [3.63, 3.8) is 0 Å². The Labute approximate surface area is 159 Å². The first kappa shape index (κ1) is 16.9. The van der Waals surface area contributed by atoms with Crippen LogP contribution in [-0.2, 0) is 4.79 Å². The summed E-state index contributed by atoms with van der Waals surface area (Å²) in [5.74, 6) is 1.05. The normalized spacial score (nSPS) is 26.0. The predicted octanol–water partition coefficient (Wildman–Crippen LogP) is 2.87. The molecule has 0 spiro atoms. The number of carbonyl (C=O) groups excluding carboxylic acids is 1. The Kier molecular flexibility index (Phi) is 3.83. The van der Waals surface area contributed by atoms with Gasteiger partial charge in [0.05, 0.1) is 17.8 Å². The maximum atomic E-state index is 12.8. The number of aromatic nitrogens is 1. The van der Waals surface area contributed by atoms with Gasteiger partial charge in [0.15, 0.2) is 0 Å². The third kappa shape index (κ3) is 3.25. The Hall–Kier alpha value is -2.27. The number of likely N-dealkylation sites (tertiary alicyclic amines) is 1. The average Bonchev–Trinajstić information content (AvgIpc) is 3.58. The molecule has 0 radical (unpaired) electrons. The van der Waals surface area contributed by atoms with E-state index in [1.54, 1.807) is 0 Å². The van der Waals surface area contributed by atoms with Crippen LogP contribution in [0.2, 0.25) is 0 Å². The first-order valence-electron chi connectivity index (χ1n) is 10.0. The number of pyridine rings is 1. The van der Waals surface area contributed by atoms with E-state index in [1.807, 2.05) is 17.2 Å². The van der Waals surface area contributed by atoms with Gasteiger partial charge in [-0.3, -0.25) is 14.8 Å². The molecule has 5 rings (SSSR count). The van der Waals surface area contributed by atoms with Gasteiger partial charge in [-0.15, -0.1) is 0 Å². The summed E-state index contributed by atoms with van der Waals surface area (Å²) in [4.78, 5) is 23.9. The summed E-state index contributed by atoms with van der Waals surface area (Å²) in [6, 6.07) is 8.57. The van der Waals surface area contributed by atoms with Crippen LogP contribution in [0.3, 0.4) is 0 Å². The van der Waals surface area contributed by atoms with Gasteiger partial charge in [0.1, 0.15) is 0 Å². The zero-order valence-electron chi connectivity index (χ0n) is 15.8. The number of carbonyl (C=O) groups is 1. The van der Waals surface area contributed by atoms with Crippen molar-refractivity contribution in [3.05, 3.63) is 41.6 Å². The highest BCUT2D eigenvalue weighted by Crippen LogP contribution is 2.39. The zero-order valence-corrected chi connectivity index (χ0v) is 15.8. The first-order valence-corrected chi connectivity index (χ1v) is 10.0. The molecular weight excluding hydrogens is 336 g/mol. The maximum absolute atomic E-state index is 12.8. The topological polar surface area (TPSA) is 71.6 Å². The molecule has 2 N–H and O–H groups in total. The second-order valence-electron chi connectivity index (χ2n) is 8.74. The highest BCUT2D eigenvalue weighted by Gasteiger charge is 2.42. The number of fused-ring (bicyclic) bond motifs is 1. The quantitative estimate of drug-likeness (QED) is 0.909. The van der Waals surface area contributed by atoms with Crippen molar-refractivity contribution in [1.29, 1.82) is 0 Å². The maximum Gasteiger partial charge on any atom is 0.224 e. The molecule has 3 aliphatic rings. The van der Waals surface area contributed by atoms with Crippen LogP contribution in [-0.4, -0.2) is 46.7 Å². The standard InChI is InChI=1S/C22H26N4O/c1-14-9-15(13-26(12-14)20(27)10-22(23)6-7-22)16-4-5-18(19-11-25-19)21-17(16)3-2-8-24-21/h2-5,8,14-15H,6-7,9-13,23H2,1H3/t14-,15-/m0/s1. The van der Waals surface area contributed by atoms with E-state index in [9.17, 15) is 4.79 Å². The van der Waals surface area contributed by atoms with Gasteiger partial charge in [-0.25, -0.2) is 0 Å². The second kappa shape index (κ2) is 6.13. The number of nitrogens with two attached hydrogens (primary N) is 1. The van der Waals surface area contributed by atoms with Crippen molar-refractivity contribution in [1.82, 2.24) is 9.88 Å². The predicted molar refractivity (Wildman–Crippen MR) is 107 cm³/mol. The Bertz CT molecular complexity index is 946. The molecule has 0 unspecified atom stereocenters. The lowest BCUT2D eigenvalue weighted by atomic mass is 9.83. The van der Waals surface area contributed by atoms with Gasteiger partial charge in [-0.2, -0.15) is 0 Å². The van der Waals surface area contributed by atoms with Gasteiger partial charge >= 0.3 is 0 Å². The summed E-state index contributed by atoms with van der Waals surface area (Å²) in [7, 11) is 0. The van der Waals surface area contributed by atoms with Crippen LogP contribution in [0.15, 0.2) is 35.5 Å². The largest absolute Gasteiger partial charge is 0.342 e. The third-order valence-electron chi connectivity index (χ3n) is 6.28. The van der Waals surface area contributed by atoms with Crippen LogP contribution < -0.4 is 5.73 Å². The van der Waals surface area contributed by atoms with Gasteiger partial charge in [-0.05, 0) is 36.8 Å². The van der Waals surface area contributed by atoms with Crippen molar-refractivity contribution in [2.24, 2.45) is 16.6 Å². The lowest BCUT2D eigenvalue weighted by Crippen LogP contribution is -2.44. The van der Waals surface area contributed by atoms with Gasteiger partial charge < -0.3 is 10.6 Å². The lowest BCUT2D eigenvalue weighted by Gasteiger charge is -2.37. The number of nitrogens with zero attached hydrogens (tertiary/aromatic N) is 3. The fourth-order valence-electron chi connectivity index (χ4n) is 4.52. The molecule has 2 fully saturated rings. The van der Waals surface area contributed by atoms with Crippen LogP contribution in [0.4, 0.5) is 0 Å². The molecule has 1 amide bonds. The number of piperidine rings is 1. The van der Waals surface area contributed by atoms with E-state index >= 15 is 0 Å². The SMILES string of the molecule is C[C@H]1C[C@H](c2ccc(C3=NC3)c3ncccc23)CN(C(=O)CC2(N)CC2)C1. The van der Waals surface area contributed by atoms with Gasteiger partial charge in [0.25, 0.3) is 0 Å². The summed E-state index contributed by atoms with van der Waals surface area (Å²) >= 11 is 0. The molecule has 1 saturated heterocycles. The molecule has 0 bridgehead atoms. The monoisotopic (exact) mass is 362 g/mol. The molecule has 5 heteroatoms. The fraction of sp³-hybridized carbons (Fsp3) is 0.500. The molecular formula is C22H26N4O. The smallest absolute Gasteiger partial charge is 0.224 e. The number of rotatable bonds is 4. The van der Waals surface area contributed by atoms with Crippen LogP contribution >= 0.6 is 0 Å². The lowest BCUT2D eigenvalue weighted by molar-refractivity contribution is -0.133. The molecule has 5 nitrogen and oxygen atoms in total. The third-order valence-corrected chi connectivity index (χ3v) is 6.28. The van der Waals surface area contributed by atoms with Crippen molar-refractivity contribution < 1.29 is 4.79 Å². The molecule has 3 heterocycles. The average molecular weight is 362 g/mol. The molecule has 2 atom stereocenters. The number of aliphatic imine (C=N–C) groups is 1. The summed E-state index contributed by atoms with van der Waals surface area (Å²) in [5, 5.41) is 1.20. The van der Waals surface area contributed by atoms with E-state index in [1.165, 1.54) is 10.9 Å². The van der Waals surface area contributed by atoms with Crippen LogP contribution in [0.25, 0.3) is 10.9 Å². The van der Waals surface area contributed by atoms with Gasteiger partial charge in [-0.1, -0.05) is 25.1 Å². The van der Waals surface area contributed by atoms with E-state index in [0.29, 0.717) is 18.3 Å². The highest BCUT2D eigenvalue weighted by molar-refractivity contribution is 6.17. The summed E-state index contributed by atoms with van der Waals surface area (Å²) in [6.07, 6.45) is 5.41. The highest BCUT2D eigenvalue weighted by atomic mass is 16.2. The van der Waals surface area contributed by atoms with E-state index in [2.05, 4.69) is 35.1 Å². The molecule has 1 aliphatic carbocycles. The van der Waals surface area contributed by atoms with E-state index < -0.39 is 0 Å². The number of benzene rings is 1. The second-order valence-corrected chi connectivity index (χ2v) is 8.74. The summed E-state index contributed by atoms with van der Waals surface area (Å²) in [5.41, 5.74) is 10.6. The van der Waals surface area contributed by atoms with Crippen LogP contribution in [0, 0.1) is 5.92 Å². The van der Waals surface area contributed by atoms with Gasteiger partial charge in [0, 0.05) is 48.1 Å². The number of hydrogen-bond donors (Lipinski definition) is 1. The Balaban J connectivity index is 1.46. The van der Waals surface area contributed by atoms with E-state index in [4.69, 9.17) is 5.73 Å². The minimum absolute atomic E-state index is 0.220. The summed E-state index contributed by atoms with van der Waals surface area (Å²) in [6.45, 7) is 4.70. The fourth-order valence-corrected chi connectivity index (χ4v) is 4.52. The van der Waals surface area contributed by atoms with Crippen LogP contribution in [0.1, 0.15) is 49.7 Å². The Morgan fingerprint density at radius 1 is 1.30 bits per heavy atom. The minimum Gasteiger partial charge on any atom is -0.342 e. The Morgan fingerprint density at radius 3 is 2.85 bits per heavy atom. The molecule has 1 aromatic heterocycles. The molecule has 1 aromatic carbocycles. The Morgan fingerprint density at radius 2 is 2.11 bits per heavy atom.